The molecule has 1 atom stereocenters. The molecule has 1 aliphatic rings. The van der Waals surface area contributed by atoms with Gasteiger partial charge in [-0.15, -0.1) is 22.9 Å². The van der Waals surface area contributed by atoms with Crippen molar-refractivity contribution in [1.29, 1.82) is 0 Å². The van der Waals surface area contributed by atoms with E-state index in [4.69, 9.17) is 23.2 Å². The topological polar surface area (TPSA) is 0 Å². The fraction of sp³-hybridized carbons (Fsp3) is 0.692. The lowest BCUT2D eigenvalue weighted by molar-refractivity contribution is 0.370. The molecule has 0 N–H and O–H groups in total. The van der Waals surface area contributed by atoms with Gasteiger partial charge in [0, 0.05) is 9.35 Å². The summed E-state index contributed by atoms with van der Waals surface area (Å²) in [6.07, 6.45) is 9.32. The second-order valence-corrected chi connectivity index (χ2v) is 7.79. The van der Waals surface area contributed by atoms with E-state index in [9.17, 15) is 0 Å². The Morgan fingerprint density at radius 2 is 1.76 bits per heavy atom. The number of halogens is 3. The quantitative estimate of drug-likeness (QED) is 0.511. The maximum Gasteiger partial charge on any atom is 0.107 e. The van der Waals surface area contributed by atoms with Gasteiger partial charge in [0.15, 0.2) is 0 Å². The average molecular weight is 356 g/mol. The summed E-state index contributed by atoms with van der Waals surface area (Å²) in [5, 5.41) is 0.141. The highest BCUT2D eigenvalue weighted by Gasteiger charge is 2.23. The minimum Gasteiger partial charge on any atom is -0.126 e. The van der Waals surface area contributed by atoms with E-state index in [1.807, 2.05) is 0 Å². The lowest BCUT2D eigenvalue weighted by atomic mass is 9.88. The molecule has 1 unspecified atom stereocenters. The van der Waals surface area contributed by atoms with Gasteiger partial charge in [-0.3, -0.25) is 0 Å². The smallest absolute Gasteiger partial charge is 0.107 e. The number of hydrogen-bond acceptors (Lipinski definition) is 1. The summed E-state index contributed by atoms with van der Waals surface area (Å²) in [4.78, 5) is 1.22. The van der Waals surface area contributed by atoms with E-state index in [-0.39, 0.29) is 5.38 Å². The molecule has 1 fully saturated rings. The summed E-state index contributed by atoms with van der Waals surface area (Å²) in [6, 6.07) is 2.09. The van der Waals surface area contributed by atoms with Crippen molar-refractivity contribution in [3.8, 4) is 0 Å². The van der Waals surface area contributed by atoms with Gasteiger partial charge < -0.3 is 0 Å². The Hall–Kier alpha value is 0.760. The first-order valence-electron chi connectivity index (χ1n) is 6.27. The van der Waals surface area contributed by atoms with E-state index in [0.717, 1.165) is 8.81 Å². The van der Waals surface area contributed by atoms with Crippen LogP contribution in [0.1, 0.15) is 55.2 Å². The van der Waals surface area contributed by atoms with Crippen molar-refractivity contribution in [2.45, 2.75) is 50.3 Å². The monoisotopic (exact) mass is 354 g/mol. The third-order valence-corrected chi connectivity index (χ3v) is 6.78. The van der Waals surface area contributed by atoms with Crippen LogP contribution < -0.4 is 0 Å². The van der Waals surface area contributed by atoms with Crippen molar-refractivity contribution in [2.75, 3.05) is 0 Å². The Kier molecular flexibility index (Phi) is 5.66. The molecule has 1 aromatic rings. The van der Waals surface area contributed by atoms with Crippen LogP contribution in [0, 0.1) is 5.92 Å². The molecule has 1 aromatic heterocycles. The minimum absolute atomic E-state index is 0.141. The molecule has 0 saturated heterocycles. The summed E-state index contributed by atoms with van der Waals surface area (Å²) in [6.45, 7) is 0. The van der Waals surface area contributed by atoms with Crippen LogP contribution in [0.2, 0.25) is 4.34 Å². The maximum atomic E-state index is 6.63. The molecule has 0 aliphatic heterocycles. The Morgan fingerprint density at radius 3 is 2.29 bits per heavy atom. The number of alkyl halides is 1. The molecule has 0 radical (unpaired) electrons. The lowest BCUT2D eigenvalue weighted by Gasteiger charge is -2.23. The summed E-state index contributed by atoms with van der Waals surface area (Å²) in [5.74, 6) is 0.624. The molecule has 2 rings (SSSR count). The molecule has 1 heterocycles. The zero-order valence-electron chi connectivity index (χ0n) is 9.72. The zero-order chi connectivity index (χ0) is 12.3. The molecule has 1 aliphatic carbocycles. The van der Waals surface area contributed by atoms with E-state index in [2.05, 4.69) is 22.0 Å². The Balaban J connectivity index is 2.04. The van der Waals surface area contributed by atoms with Gasteiger partial charge in [0.05, 0.1) is 5.38 Å². The van der Waals surface area contributed by atoms with Crippen LogP contribution >= 0.6 is 50.5 Å². The molecule has 4 heteroatoms. The van der Waals surface area contributed by atoms with E-state index in [1.165, 1.54) is 49.8 Å². The predicted molar refractivity (Wildman–Crippen MR) is 81.4 cm³/mol. The first kappa shape index (κ1) is 14.2. The van der Waals surface area contributed by atoms with Gasteiger partial charge in [-0.25, -0.2) is 0 Å². The Bertz CT molecular complexity index is 337. The van der Waals surface area contributed by atoms with Crippen molar-refractivity contribution < 1.29 is 0 Å². The molecule has 1 saturated carbocycles. The largest absolute Gasteiger partial charge is 0.126 e. The molecular weight excluding hydrogens is 339 g/mol. The van der Waals surface area contributed by atoms with Crippen LogP contribution in [0.4, 0.5) is 0 Å². The molecular formula is C13H17BrCl2S. The van der Waals surface area contributed by atoms with E-state index >= 15 is 0 Å². The summed E-state index contributed by atoms with van der Waals surface area (Å²) in [5.41, 5.74) is 0. The molecule has 0 aromatic carbocycles. The maximum absolute atomic E-state index is 6.63. The SMILES string of the molecule is Clc1sc(C(Cl)C2CCCCCCC2)cc1Br. The van der Waals surface area contributed by atoms with Crippen molar-refractivity contribution in [1.82, 2.24) is 0 Å². The van der Waals surface area contributed by atoms with Crippen molar-refractivity contribution >= 4 is 50.5 Å². The third-order valence-electron chi connectivity index (χ3n) is 3.50. The highest BCUT2D eigenvalue weighted by molar-refractivity contribution is 9.10. The highest BCUT2D eigenvalue weighted by Crippen LogP contribution is 2.43. The fourth-order valence-corrected chi connectivity index (χ4v) is 4.77. The molecule has 0 nitrogen and oxygen atoms in total. The summed E-state index contributed by atoms with van der Waals surface area (Å²) < 4.78 is 1.80. The second-order valence-electron chi connectivity index (χ2n) is 4.78. The van der Waals surface area contributed by atoms with Crippen LogP contribution in [0.15, 0.2) is 10.5 Å². The summed E-state index contributed by atoms with van der Waals surface area (Å²) in [7, 11) is 0. The van der Waals surface area contributed by atoms with Crippen LogP contribution in [0.3, 0.4) is 0 Å². The molecule has 0 bridgehead atoms. The van der Waals surface area contributed by atoms with Crippen molar-refractivity contribution in [3.05, 3.63) is 19.8 Å². The lowest BCUT2D eigenvalue weighted by Crippen LogP contribution is -2.09. The predicted octanol–water partition coefficient (Wildman–Crippen LogP) is 6.80. The third kappa shape index (κ3) is 3.86. The van der Waals surface area contributed by atoms with Gasteiger partial charge in [-0.1, -0.05) is 43.7 Å². The van der Waals surface area contributed by atoms with Gasteiger partial charge in [0.2, 0.25) is 0 Å². The van der Waals surface area contributed by atoms with Gasteiger partial charge in [0.25, 0.3) is 0 Å². The first-order valence-corrected chi connectivity index (χ1v) is 8.69. The summed E-state index contributed by atoms with van der Waals surface area (Å²) >= 11 is 17.8. The standard InChI is InChI=1S/C13H17BrCl2S/c14-10-8-11(17-13(10)16)12(15)9-6-4-2-1-3-5-7-9/h8-9,12H,1-7H2. The van der Waals surface area contributed by atoms with Crippen molar-refractivity contribution in [2.24, 2.45) is 5.92 Å². The number of hydrogen-bond donors (Lipinski definition) is 0. The fourth-order valence-electron chi connectivity index (χ4n) is 2.51. The number of rotatable bonds is 2. The molecule has 0 spiro atoms. The zero-order valence-corrected chi connectivity index (χ0v) is 13.6. The van der Waals surface area contributed by atoms with Gasteiger partial charge >= 0.3 is 0 Å². The first-order chi connectivity index (χ1) is 8.18. The normalized spacial score (nSPS) is 20.9. The van der Waals surface area contributed by atoms with E-state index in [0.29, 0.717) is 5.92 Å². The molecule has 96 valence electrons. The van der Waals surface area contributed by atoms with Crippen LogP contribution in [-0.4, -0.2) is 0 Å². The number of thiophene rings is 1. The average Bonchev–Trinajstić information content (AvgIpc) is 2.58. The van der Waals surface area contributed by atoms with E-state index in [1.54, 1.807) is 11.3 Å². The minimum atomic E-state index is 0.141. The van der Waals surface area contributed by atoms with Gasteiger partial charge in [0.1, 0.15) is 4.34 Å². The van der Waals surface area contributed by atoms with E-state index < -0.39 is 0 Å². The Labute approximate surface area is 126 Å². The molecule has 0 amide bonds. The van der Waals surface area contributed by atoms with Gasteiger partial charge in [-0.05, 0) is 40.8 Å². The van der Waals surface area contributed by atoms with Crippen LogP contribution in [-0.2, 0) is 0 Å². The van der Waals surface area contributed by atoms with Gasteiger partial charge in [-0.2, -0.15) is 0 Å². The highest BCUT2D eigenvalue weighted by atomic mass is 79.9. The second kappa shape index (κ2) is 6.79. The van der Waals surface area contributed by atoms with Crippen molar-refractivity contribution in [3.63, 3.8) is 0 Å². The van der Waals surface area contributed by atoms with Crippen LogP contribution in [0.5, 0.6) is 0 Å². The Morgan fingerprint density at radius 1 is 1.18 bits per heavy atom. The molecule has 17 heavy (non-hydrogen) atoms. The van der Waals surface area contributed by atoms with Crippen LogP contribution in [0.25, 0.3) is 0 Å².